The predicted octanol–water partition coefficient (Wildman–Crippen LogP) is 9.03. The molecule has 1 N–H and O–H groups in total. The molecule has 7 nitrogen and oxygen atoms in total. The average molecular weight is 626 g/mol. The maximum absolute atomic E-state index is 13.9. The number of carbonyl (C=O) groups is 2. The highest BCUT2D eigenvalue weighted by atomic mass is 19.4. The van der Waals surface area contributed by atoms with Crippen molar-refractivity contribution in [3.05, 3.63) is 83.8 Å². The number of nitrogens with zero attached hydrogens (tertiary/aromatic N) is 3. The molecule has 0 aliphatic carbocycles. The molecule has 0 saturated carbocycles. The summed E-state index contributed by atoms with van der Waals surface area (Å²) in [6, 6.07) is 18.3. The molecular formula is C35H42F3N3O4. The minimum absolute atomic E-state index is 0.140. The summed E-state index contributed by atoms with van der Waals surface area (Å²) in [5.74, 6) is -1.15. The Morgan fingerprint density at radius 2 is 1.64 bits per heavy atom. The third-order valence-electron chi connectivity index (χ3n) is 7.54. The lowest BCUT2D eigenvalue weighted by atomic mass is 10.1. The normalized spacial score (nSPS) is 11.2. The molecular weight excluding hydrogens is 583 g/mol. The van der Waals surface area contributed by atoms with Crippen molar-refractivity contribution in [2.45, 2.75) is 85.4 Å². The molecule has 0 fully saturated rings. The summed E-state index contributed by atoms with van der Waals surface area (Å²) in [7, 11) is 0. The molecule has 0 saturated heterocycles. The molecule has 0 aliphatic heterocycles. The Balaban J connectivity index is 0.000000707. The van der Waals surface area contributed by atoms with Gasteiger partial charge in [-0.2, -0.15) is 13.2 Å². The fraction of sp³-hybridized carbons (Fsp3) is 0.400. The molecule has 2 aromatic carbocycles. The van der Waals surface area contributed by atoms with Crippen molar-refractivity contribution in [2.75, 3.05) is 11.4 Å². The van der Waals surface area contributed by atoms with E-state index in [1.165, 1.54) is 29.4 Å². The first-order valence-corrected chi connectivity index (χ1v) is 15.3. The van der Waals surface area contributed by atoms with Crippen LogP contribution in [-0.4, -0.2) is 39.3 Å². The fourth-order valence-corrected chi connectivity index (χ4v) is 5.15. The number of rotatable bonds is 13. The van der Waals surface area contributed by atoms with E-state index >= 15 is 0 Å². The molecule has 0 unspecified atom stereocenters. The first-order valence-electron chi connectivity index (χ1n) is 15.3. The zero-order valence-electron chi connectivity index (χ0n) is 26.4. The molecule has 2 heterocycles. The second kappa shape index (κ2) is 16.7. The van der Waals surface area contributed by atoms with Crippen molar-refractivity contribution < 1.29 is 32.6 Å². The Hall–Kier alpha value is -4.34. The van der Waals surface area contributed by atoms with Crippen LogP contribution in [0.25, 0.3) is 10.9 Å². The number of carboxylic acids is 1. The number of ether oxygens (including phenoxy) is 1. The second-order valence-corrected chi connectivity index (χ2v) is 10.9. The number of fused-ring (bicyclic) bond motifs is 1. The SMILES string of the molecule is CCCCCN(C(=O)Cc1c(C)n(CCCCC)c2ccccc12)c1ccc(Oc2cccnc2)c(C)c1.O=C(O)C(F)(F)F. The maximum Gasteiger partial charge on any atom is 0.490 e. The minimum atomic E-state index is -5.08. The zero-order valence-corrected chi connectivity index (χ0v) is 26.4. The monoisotopic (exact) mass is 625 g/mol. The lowest BCUT2D eigenvalue weighted by Crippen LogP contribution is -2.33. The van der Waals surface area contributed by atoms with Crippen LogP contribution in [0.15, 0.2) is 67.0 Å². The van der Waals surface area contributed by atoms with E-state index in [-0.39, 0.29) is 5.91 Å². The number of halogens is 3. The van der Waals surface area contributed by atoms with Gasteiger partial charge in [-0.1, -0.05) is 57.7 Å². The number of alkyl halides is 3. The van der Waals surface area contributed by atoms with Crippen LogP contribution >= 0.6 is 0 Å². The van der Waals surface area contributed by atoms with Crippen LogP contribution in [0.5, 0.6) is 11.5 Å². The third kappa shape index (κ3) is 9.83. The Kier molecular flexibility index (Phi) is 13.0. The van der Waals surface area contributed by atoms with E-state index in [9.17, 15) is 18.0 Å². The van der Waals surface area contributed by atoms with Gasteiger partial charge in [0, 0.05) is 41.6 Å². The average Bonchev–Trinajstić information content (AvgIpc) is 3.27. The van der Waals surface area contributed by atoms with Crippen LogP contribution < -0.4 is 9.64 Å². The largest absolute Gasteiger partial charge is 0.490 e. The number of aliphatic carboxylic acids is 1. The molecule has 0 spiro atoms. The molecule has 1 amide bonds. The number of hydrogen-bond acceptors (Lipinski definition) is 4. The van der Waals surface area contributed by atoms with Gasteiger partial charge in [-0.15, -0.1) is 0 Å². The van der Waals surface area contributed by atoms with E-state index in [1.807, 2.05) is 36.1 Å². The van der Waals surface area contributed by atoms with Crippen LogP contribution in [-0.2, 0) is 22.6 Å². The van der Waals surface area contributed by atoms with Crippen molar-refractivity contribution in [2.24, 2.45) is 0 Å². The molecule has 242 valence electrons. The fourth-order valence-electron chi connectivity index (χ4n) is 5.15. The first-order chi connectivity index (χ1) is 21.5. The Morgan fingerprint density at radius 1 is 0.956 bits per heavy atom. The first kappa shape index (κ1) is 35.1. The topological polar surface area (TPSA) is 84.7 Å². The number of carboxylic acid groups (broad SMARTS) is 1. The Morgan fingerprint density at radius 3 is 2.27 bits per heavy atom. The van der Waals surface area contributed by atoms with Crippen LogP contribution in [0, 0.1) is 13.8 Å². The number of aryl methyl sites for hydroxylation is 2. The molecule has 4 rings (SSSR count). The number of carbonyl (C=O) groups excluding carboxylic acids is 1. The Labute approximate surface area is 262 Å². The van der Waals surface area contributed by atoms with Gasteiger partial charge in [0.15, 0.2) is 0 Å². The maximum atomic E-state index is 13.9. The number of pyridine rings is 1. The van der Waals surface area contributed by atoms with Gasteiger partial charge in [-0.05, 0) is 74.2 Å². The quantitative estimate of drug-likeness (QED) is 0.150. The van der Waals surface area contributed by atoms with Crippen LogP contribution in [0.4, 0.5) is 18.9 Å². The van der Waals surface area contributed by atoms with Gasteiger partial charge in [-0.25, -0.2) is 4.79 Å². The molecule has 0 atom stereocenters. The number of aromatic nitrogens is 2. The predicted molar refractivity (Wildman–Crippen MR) is 171 cm³/mol. The van der Waals surface area contributed by atoms with Crippen molar-refractivity contribution in [3.63, 3.8) is 0 Å². The van der Waals surface area contributed by atoms with E-state index < -0.39 is 12.1 Å². The summed E-state index contributed by atoms with van der Waals surface area (Å²) < 4.78 is 40.2. The van der Waals surface area contributed by atoms with Gasteiger partial charge in [-0.3, -0.25) is 9.78 Å². The number of unbranched alkanes of at least 4 members (excludes halogenated alkanes) is 4. The third-order valence-corrected chi connectivity index (χ3v) is 7.54. The smallest absolute Gasteiger partial charge is 0.475 e. The molecule has 2 aromatic heterocycles. The van der Waals surface area contributed by atoms with E-state index in [0.717, 1.165) is 54.8 Å². The molecule has 0 aliphatic rings. The van der Waals surface area contributed by atoms with Gasteiger partial charge >= 0.3 is 12.1 Å². The van der Waals surface area contributed by atoms with Gasteiger partial charge < -0.3 is 19.3 Å². The highest BCUT2D eigenvalue weighted by molar-refractivity contribution is 5.98. The van der Waals surface area contributed by atoms with Crippen molar-refractivity contribution in [1.29, 1.82) is 0 Å². The molecule has 0 bridgehead atoms. The molecule has 10 heteroatoms. The number of para-hydroxylation sites is 1. The van der Waals surface area contributed by atoms with Crippen LogP contribution in [0.3, 0.4) is 0 Å². The summed E-state index contributed by atoms with van der Waals surface area (Å²) >= 11 is 0. The lowest BCUT2D eigenvalue weighted by molar-refractivity contribution is -0.192. The van der Waals surface area contributed by atoms with E-state index in [0.29, 0.717) is 18.7 Å². The standard InChI is InChI=1S/C33H41N3O2.C2HF3O2/c1-5-7-11-20-35-26(4)30(29-15-9-10-16-31(29)35)23-33(37)36(21-12-8-6-2)27-17-18-32(25(3)22-27)38-28-14-13-19-34-24-28;3-2(4,5)1(6)7/h9-10,13-19,22,24H,5-8,11-12,20-21,23H2,1-4H3;(H,6,7). The lowest BCUT2D eigenvalue weighted by Gasteiger charge is -2.24. The summed E-state index contributed by atoms with van der Waals surface area (Å²) in [5.41, 5.74) is 5.50. The number of benzene rings is 2. The molecule has 4 aromatic rings. The van der Waals surface area contributed by atoms with Gasteiger partial charge in [0.25, 0.3) is 0 Å². The van der Waals surface area contributed by atoms with Gasteiger partial charge in [0.2, 0.25) is 5.91 Å². The molecule has 0 radical (unpaired) electrons. The molecule has 45 heavy (non-hydrogen) atoms. The van der Waals surface area contributed by atoms with E-state index in [2.05, 4.69) is 60.7 Å². The van der Waals surface area contributed by atoms with Crippen molar-refractivity contribution in [1.82, 2.24) is 9.55 Å². The van der Waals surface area contributed by atoms with E-state index in [4.69, 9.17) is 14.6 Å². The van der Waals surface area contributed by atoms with E-state index in [1.54, 1.807) is 12.4 Å². The van der Waals surface area contributed by atoms with Crippen molar-refractivity contribution >= 4 is 28.5 Å². The highest BCUT2D eigenvalue weighted by Gasteiger charge is 2.38. The zero-order chi connectivity index (χ0) is 33.0. The van der Waals surface area contributed by atoms with Crippen LogP contribution in [0.2, 0.25) is 0 Å². The van der Waals surface area contributed by atoms with Crippen molar-refractivity contribution in [3.8, 4) is 11.5 Å². The summed E-state index contributed by atoms with van der Waals surface area (Å²) in [6.07, 6.45) is 5.50. The number of amides is 1. The summed E-state index contributed by atoms with van der Waals surface area (Å²) in [6.45, 7) is 10.3. The van der Waals surface area contributed by atoms with Gasteiger partial charge in [0.05, 0.1) is 12.6 Å². The number of anilines is 1. The van der Waals surface area contributed by atoms with Crippen LogP contribution in [0.1, 0.15) is 69.2 Å². The highest BCUT2D eigenvalue weighted by Crippen LogP contribution is 2.31. The minimum Gasteiger partial charge on any atom is -0.475 e. The Bertz CT molecular complexity index is 1550. The summed E-state index contributed by atoms with van der Waals surface area (Å²) in [5, 5.41) is 8.32. The summed E-state index contributed by atoms with van der Waals surface area (Å²) in [4.78, 5) is 28.9. The van der Waals surface area contributed by atoms with Gasteiger partial charge in [0.1, 0.15) is 11.5 Å². The second-order valence-electron chi connectivity index (χ2n) is 10.9. The number of hydrogen-bond donors (Lipinski definition) is 1.